The van der Waals surface area contributed by atoms with Gasteiger partial charge in [0.15, 0.2) is 12.4 Å². The Bertz CT molecular complexity index is 1620. The van der Waals surface area contributed by atoms with Crippen LogP contribution < -0.4 is 5.32 Å². The lowest BCUT2D eigenvalue weighted by atomic mass is 9.99. The highest BCUT2D eigenvalue weighted by Crippen LogP contribution is 2.26. The summed E-state index contributed by atoms with van der Waals surface area (Å²) in [5.74, 6) is -1.24. The topological polar surface area (TPSA) is 175 Å². The van der Waals surface area contributed by atoms with Gasteiger partial charge < -0.3 is 45.1 Å². The lowest BCUT2D eigenvalue weighted by molar-refractivity contribution is -0.305. The number of unbranched alkanes of at least 4 members (excludes halogenated alkanes) is 26. The molecule has 1 aliphatic heterocycles. The molecular weight excluding hydrogens is 967 g/mol. The van der Waals surface area contributed by atoms with Crippen molar-refractivity contribution >= 4 is 11.9 Å². The summed E-state index contributed by atoms with van der Waals surface area (Å²) in [6.45, 7) is 5.59. The van der Waals surface area contributed by atoms with Crippen LogP contribution in [0, 0.1) is 0 Å². The molecule has 0 spiro atoms. The highest BCUT2D eigenvalue weighted by Gasteiger charge is 2.47. The van der Waals surface area contributed by atoms with E-state index in [1.807, 2.05) is 42.5 Å². The molecule has 1 amide bonds. The minimum Gasteiger partial charge on any atom is -0.454 e. The smallest absolute Gasteiger partial charge is 0.306 e. The number of nitrogens with one attached hydrogen (secondary N) is 1. The molecule has 0 aromatic heterocycles. The average molecular weight is 1080 g/mol. The Morgan fingerprint density at radius 2 is 0.987 bits per heavy atom. The summed E-state index contributed by atoms with van der Waals surface area (Å²) < 4.78 is 17.6. The highest BCUT2D eigenvalue weighted by atomic mass is 16.7. The maximum absolute atomic E-state index is 13.4. The second kappa shape index (κ2) is 53.2. The van der Waals surface area contributed by atoms with Crippen LogP contribution in [0.15, 0.2) is 97.2 Å². The van der Waals surface area contributed by atoms with Gasteiger partial charge in [-0.15, -0.1) is 0 Å². The molecule has 0 aromatic carbocycles. The van der Waals surface area contributed by atoms with Crippen molar-refractivity contribution in [2.75, 3.05) is 13.2 Å². The van der Waals surface area contributed by atoms with Crippen molar-refractivity contribution < 1.29 is 49.3 Å². The fourth-order valence-electron chi connectivity index (χ4n) is 9.14. The van der Waals surface area contributed by atoms with Crippen molar-refractivity contribution in [2.24, 2.45) is 0 Å². The van der Waals surface area contributed by atoms with Crippen LogP contribution in [-0.2, 0) is 23.8 Å². The van der Waals surface area contributed by atoms with Crippen LogP contribution in [0.1, 0.15) is 245 Å². The van der Waals surface area contributed by atoms with Crippen LogP contribution in [0.5, 0.6) is 0 Å². The van der Waals surface area contributed by atoms with Crippen molar-refractivity contribution in [3.63, 3.8) is 0 Å². The summed E-state index contributed by atoms with van der Waals surface area (Å²) in [6.07, 6.45) is 60.2. The number of amides is 1. The van der Waals surface area contributed by atoms with Gasteiger partial charge in [0.1, 0.15) is 24.4 Å². The Morgan fingerprint density at radius 1 is 0.532 bits per heavy atom. The molecule has 1 saturated heterocycles. The molecule has 0 saturated carbocycles. The third-order valence-corrected chi connectivity index (χ3v) is 14.1. The number of ether oxygens (including phenoxy) is 3. The molecule has 1 fully saturated rings. The number of hydrogen-bond donors (Lipinski definition) is 6. The van der Waals surface area contributed by atoms with Gasteiger partial charge in [-0.25, -0.2) is 0 Å². The minimum absolute atomic E-state index is 0.0729. The molecule has 0 bridgehead atoms. The zero-order valence-electron chi connectivity index (χ0n) is 48.8. The summed E-state index contributed by atoms with van der Waals surface area (Å²) in [6, 6.07) is -1.04. The molecule has 0 aliphatic carbocycles. The largest absolute Gasteiger partial charge is 0.454 e. The van der Waals surface area contributed by atoms with Gasteiger partial charge >= 0.3 is 5.97 Å². The van der Waals surface area contributed by atoms with Crippen LogP contribution in [0.3, 0.4) is 0 Å². The van der Waals surface area contributed by atoms with Crippen LogP contribution in [0.25, 0.3) is 0 Å². The van der Waals surface area contributed by atoms with Gasteiger partial charge in [-0.05, 0) is 83.5 Å². The van der Waals surface area contributed by atoms with Crippen molar-refractivity contribution in [1.82, 2.24) is 5.32 Å². The molecule has 1 aliphatic rings. The summed E-state index contributed by atoms with van der Waals surface area (Å²) in [4.78, 5) is 26.5. The Labute approximate surface area is 469 Å². The number of aliphatic hydroxyl groups excluding tert-OH is 5. The van der Waals surface area contributed by atoms with E-state index in [9.17, 15) is 35.1 Å². The average Bonchev–Trinajstić information content (AvgIpc) is 3.43. The molecule has 8 unspecified atom stereocenters. The summed E-state index contributed by atoms with van der Waals surface area (Å²) in [5, 5.41) is 56.9. The summed E-state index contributed by atoms with van der Waals surface area (Å²) in [7, 11) is 0. The number of hydrogen-bond acceptors (Lipinski definition) is 10. The fourth-order valence-corrected chi connectivity index (χ4v) is 9.14. The molecule has 1 rings (SSSR count). The van der Waals surface area contributed by atoms with E-state index in [2.05, 4.69) is 74.7 Å². The van der Waals surface area contributed by atoms with E-state index in [1.54, 1.807) is 6.08 Å². The van der Waals surface area contributed by atoms with E-state index < -0.39 is 67.4 Å². The second-order valence-corrected chi connectivity index (χ2v) is 21.1. The molecule has 442 valence electrons. The molecule has 0 radical (unpaired) electrons. The predicted molar refractivity (Wildman–Crippen MR) is 319 cm³/mol. The standard InChI is InChI=1S/C66H113NO10/c1-4-7-10-13-16-19-22-25-26-27-28-29-30-31-32-33-36-38-41-44-47-50-53-59(70)65(74)67-57(58(69)52-49-46-43-40-37-34-23-20-17-14-11-8-5-2)56-75-66-64(63(73)62(72)60(55-68)76-66)77-61(71)54-51-48-45-42-39-35-24-21-18-15-12-9-6-3/h9,12,15-16,18-19,21,24-26,28-29,35,39,49,52,57-60,62-64,66,68-70,72-73H,4-8,10-11,13-14,17,20,22-23,27,30-34,36-38,40-48,50-51,53-56H2,1-3H3,(H,67,74)/b12-9+,18-15+,19-16-,24-21-,26-25-,29-28-,39-35-,52-49+. The first-order valence-electron chi connectivity index (χ1n) is 31.1. The summed E-state index contributed by atoms with van der Waals surface area (Å²) >= 11 is 0. The third-order valence-electron chi connectivity index (χ3n) is 14.1. The zero-order valence-corrected chi connectivity index (χ0v) is 48.8. The monoisotopic (exact) mass is 1080 g/mol. The molecule has 6 N–H and O–H groups in total. The van der Waals surface area contributed by atoms with Gasteiger partial charge in [0, 0.05) is 6.42 Å². The zero-order chi connectivity index (χ0) is 56.1. The molecule has 11 heteroatoms. The molecule has 77 heavy (non-hydrogen) atoms. The first-order valence-corrected chi connectivity index (χ1v) is 31.1. The fraction of sp³-hybridized carbons (Fsp3) is 0.727. The van der Waals surface area contributed by atoms with Gasteiger partial charge in [-0.2, -0.15) is 0 Å². The van der Waals surface area contributed by atoms with E-state index in [0.717, 1.165) is 83.5 Å². The number of carbonyl (C=O) groups is 2. The van der Waals surface area contributed by atoms with Gasteiger partial charge in [0.2, 0.25) is 5.91 Å². The molecule has 11 nitrogen and oxygen atoms in total. The van der Waals surface area contributed by atoms with E-state index in [4.69, 9.17) is 14.2 Å². The molecular formula is C66H113NO10. The quantitative estimate of drug-likeness (QED) is 0.0149. The Morgan fingerprint density at radius 3 is 1.55 bits per heavy atom. The van der Waals surface area contributed by atoms with E-state index >= 15 is 0 Å². The van der Waals surface area contributed by atoms with Crippen molar-refractivity contribution in [3.05, 3.63) is 97.2 Å². The number of esters is 1. The van der Waals surface area contributed by atoms with Crippen molar-refractivity contribution in [1.29, 1.82) is 0 Å². The Balaban J connectivity index is 2.69. The first kappa shape index (κ1) is 71.6. The van der Waals surface area contributed by atoms with Gasteiger partial charge in [-0.3, -0.25) is 9.59 Å². The highest BCUT2D eigenvalue weighted by molar-refractivity contribution is 5.80. The minimum atomic E-state index is -1.63. The SMILES string of the molecule is CC/C=C/C=C/C=C\C=C/CCCCCC(=O)OC1C(OCC(NC(=O)C(O)CCCCCCCCCCC/C=C\C/C=C\C/C=C\CCCCC)C(O)/C=C/CCCCCCCCCCCCC)OC(CO)C(O)C1O. The Kier molecular flexibility index (Phi) is 49.5. The van der Waals surface area contributed by atoms with E-state index in [-0.39, 0.29) is 19.4 Å². The first-order chi connectivity index (χ1) is 37.7. The van der Waals surface area contributed by atoms with Crippen LogP contribution in [0.2, 0.25) is 0 Å². The molecule has 0 aromatic rings. The second-order valence-electron chi connectivity index (χ2n) is 21.1. The van der Waals surface area contributed by atoms with E-state index in [0.29, 0.717) is 12.8 Å². The Hall–Kier alpha value is -3.42. The van der Waals surface area contributed by atoms with Gasteiger partial charge in [-0.1, -0.05) is 253 Å². The predicted octanol–water partition coefficient (Wildman–Crippen LogP) is 14.7. The number of carbonyl (C=O) groups excluding carboxylic acids is 2. The number of aliphatic hydroxyl groups is 5. The van der Waals surface area contributed by atoms with Gasteiger partial charge in [0.25, 0.3) is 0 Å². The van der Waals surface area contributed by atoms with Crippen molar-refractivity contribution in [3.8, 4) is 0 Å². The van der Waals surface area contributed by atoms with Crippen LogP contribution in [-0.4, -0.2) is 99.6 Å². The lowest BCUT2D eigenvalue weighted by Crippen LogP contribution is -2.61. The maximum Gasteiger partial charge on any atom is 0.306 e. The van der Waals surface area contributed by atoms with Crippen LogP contribution >= 0.6 is 0 Å². The number of allylic oxidation sites excluding steroid dienone is 15. The lowest BCUT2D eigenvalue weighted by Gasteiger charge is -2.41. The maximum atomic E-state index is 13.4. The van der Waals surface area contributed by atoms with Crippen LogP contribution in [0.4, 0.5) is 0 Å². The van der Waals surface area contributed by atoms with Gasteiger partial charge in [0.05, 0.1) is 25.4 Å². The molecule has 1 heterocycles. The third kappa shape index (κ3) is 41.3. The summed E-state index contributed by atoms with van der Waals surface area (Å²) in [5.41, 5.74) is 0. The molecule has 8 atom stereocenters. The van der Waals surface area contributed by atoms with Crippen molar-refractivity contribution in [2.45, 2.75) is 294 Å². The van der Waals surface area contributed by atoms with E-state index in [1.165, 1.54) is 116 Å². The number of rotatable bonds is 51. The normalized spacial score (nSPS) is 19.7.